The number of hydrazone groups is 1. The van der Waals surface area contributed by atoms with Crippen molar-refractivity contribution in [2.24, 2.45) is 23.1 Å². The summed E-state index contributed by atoms with van der Waals surface area (Å²) in [4.78, 5) is 11.5. The van der Waals surface area contributed by atoms with Crippen LogP contribution in [-0.2, 0) is 13.5 Å². The maximum atomic E-state index is 5.09. The molecule has 3 aliphatic rings. The van der Waals surface area contributed by atoms with Gasteiger partial charge in [-0.1, -0.05) is 30.3 Å². The van der Waals surface area contributed by atoms with Crippen molar-refractivity contribution in [3.05, 3.63) is 77.8 Å². The van der Waals surface area contributed by atoms with E-state index in [1.807, 2.05) is 38.0 Å². The van der Waals surface area contributed by atoms with Crippen molar-refractivity contribution in [1.82, 2.24) is 19.5 Å². The Kier molecular flexibility index (Phi) is 3.31. The topological polar surface area (TPSA) is 49.0 Å². The number of hydrogen-bond acceptors (Lipinski definition) is 5. The van der Waals surface area contributed by atoms with Crippen molar-refractivity contribution in [3.8, 4) is 0 Å². The summed E-state index contributed by atoms with van der Waals surface area (Å²) in [5, 5.41) is 6.23. The largest absolute Gasteiger partial charge is 0.336 e. The van der Waals surface area contributed by atoms with Crippen molar-refractivity contribution >= 4 is 12.1 Å². The van der Waals surface area contributed by atoms with Crippen LogP contribution in [-0.4, -0.2) is 38.6 Å². The third kappa shape index (κ3) is 2.29. The molecular weight excluding hydrogens is 324 g/mol. The molecule has 0 aliphatic carbocycles. The monoisotopic (exact) mass is 344 g/mol. The molecule has 3 aliphatic heterocycles. The molecule has 130 valence electrons. The fourth-order valence-electron chi connectivity index (χ4n) is 3.93. The molecular formula is C20H20N6. The molecule has 6 nitrogen and oxygen atoms in total. The first-order valence-corrected chi connectivity index (χ1v) is 8.78. The molecule has 1 aromatic carbocycles. The SMILES string of the molecule is CN1N=CN2C=C3C(=NC(c4cncn4C)C3Cc3ccccc3)C=C21. The van der Waals surface area contributed by atoms with Crippen molar-refractivity contribution in [1.29, 1.82) is 0 Å². The summed E-state index contributed by atoms with van der Waals surface area (Å²) in [6.07, 6.45) is 10.9. The summed E-state index contributed by atoms with van der Waals surface area (Å²) in [5.74, 6) is 1.32. The molecule has 26 heavy (non-hydrogen) atoms. The van der Waals surface area contributed by atoms with Gasteiger partial charge in [0.05, 0.1) is 30.0 Å². The molecule has 0 N–H and O–H groups in total. The molecule has 5 rings (SSSR count). The average Bonchev–Trinajstić information content (AvgIpc) is 3.33. The first-order valence-electron chi connectivity index (χ1n) is 8.78. The van der Waals surface area contributed by atoms with E-state index in [1.165, 1.54) is 11.1 Å². The van der Waals surface area contributed by atoms with E-state index in [1.54, 1.807) is 0 Å². The second-order valence-electron chi connectivity index (χ2n) is 6.93. The Morgan fingerprint density at radius 1 is 1.12 bits per heavy atom. The fraction of sp³-hybridized carbons (Fsp3) is 0.250. The predicted octanol–water partition coefficient (Wildman–Crippen LogP) is 2.70. The highest BCUT2D eigenvalue weighted by molar-refractivity contribution is 6.12. The molecule has 2 atom stereocenters. The lowest BCUT2D eigenvalue weighted by Crippen LogP contribution is -2.25. The van der Waals surface area contributed by atoms with Crippen LogP contribution in [0.25, 0.3) is 0 Å². The number of hydrogen-bond donors (Lipinski definition) is 0. The van der Waals surface area contributed by atoms with Crippen LogP contribution in [0.15, 0.2) is 76.6 Å². The second kappa shape index (κ2) is 5.69. The van der Waals surface area contributed by atoms with Gasteiger partial charge in [-0.15, -0.1) is 0 Å². The van der Waals surface area contributed by atoms with Crippen LogP contribution in [0.2, 0.25) is 0 Å². The minimum atomic E-state index is 0.0723. The van der Waals surface area contributed by atoms with Gasteiger partial charge in [0.25, 0.3) is 0 Å². The summed E-state index contributed by atoms with van der Waals surface area (Å²) in [5.41, 5.74) is 4.80. The summed E-state index contributed by atoms with van der Waals surface area (Å²) in [6, 6.07) is 10.7. The number of nitrogens with zero attached hydrogens (tertiary/aromatic N) is 6. The normalized spacial score (nSPS) is 23.5. The number of fused-ring (bicyclic) bond motifs is 2. The zero-order chi connectivity index (χ0) is 17.7. The van der Waals surface area contributed by atoms with Crippen LogP contribution in [0.4, 0.5) is 0 Å². The maximum Gasteiger partial charge on any atom is 0.136 e. The minimum absolute atomic E-state index is 0.0723. The van der Waals surface area contributed by atoms with Crippen LogP contribution in [0.5, 0.6) is 0 Å². The quantitative estimate of drug-likeness (QED) is 0.860. The number of benzene rings is 1. The van der Waals surface area contributed by atoms with Crippen LogP contribution in [0.3, 0.4) is 0 Å². The first-order chi connectivity index (χ1) is 12.7. The summed E-state index contributed by atoms with van der Waals surface area (Å²) in [7, 11) is 3.99. The Hall–Kier alpha value is -3.15. The Morgan fingerprint density at radius 3 is 2.73 bits per heavy atom. The van der Waals surface area contributed by atoms with E-state index in [4.69, 9.17) is 4.99 Å². The maximum absolute atomic E-state index is 5.09. The fourth-order valence-corrected chi connectivity index (χ4v) is 3.93. The highest BCUT2D eigenvalue weighted by Gasteiger charge is 2.39. The smallest absolute Gasteiger partial charge is 0.136 e. The Balaban J connectivity index is 1.57. The van der Waals surface area contributed by atoms with E-state index in [2.05, 4.69) is 62.2 Å². The van der Waals surface area contributed by atoms with Gasteiger partial charge < -0.3 is 4.57 Å². The lowest BCUT2D eigenvalue weighted by Gasteiger charge is -2.25. The molecule has 0 saturated carbocycles. The van der Waals surface area contributed by atoms with Gasteiger partial charge in [-0.3, -0.25) is 14.9 Å². The Morgan fingerprint density at radius 2 is 1.96 bits per heavy atom. The zero-order valence-electron chi connectivity index (χ0n) is 14.8. The van der Waals surface area contributed by atoms with Crippen molar-refractivity contribution in [2.75, 3.05) is 7.05 Å². The molecule has 4 heterocycles. The number of aryl methyl sites for hydroxylation is 1. The lowest BCUT2D eigenvalue weighted by atomic mass is 9.85. The van der Waals surface area contributed by atoms with Crippen LogP contribution >= 0.6 is 0 Å². The van der Waals surface area contributed by atoms with Gasteiger partial charge in [0.15, 0.2) is 0 Å². The number of imidazole rings is 1. The molecule has 0 saturated heterocycles. The van der Waals surface area contributed by atoms with Gasteiger partial charge in [0, 0.05) is 37.9 Å². The van der Waals surface area contributed by atoms with Gasteiger partial charge in [-0.25, -0.2) is 4.98 Å². The van der Waals surface area contributed by atoms with Gasteiger partial charge in [-0.05, 0) is 12.0 Å². The number of rotatable bonds is 3. The first kappa shape index (κ1) is 15.1. The van der Waals surface area contributed by atoms with E-state index in [0.717, 1.165) is 23.6 Å². The van der Waals surface area contributed by atoms with Gasteiger partial charge in [0.1, 0.15) is 12.2 Å². The van der Waals surface area contributed by atoms with Crippen molar-refractivity contribution in [2.45, 2.75) is 12.5 Å². The summed E-state index contributed by atoms with van der Waals surface area (Å²) in [6.45, 7) is 0. The van der Waals surface area contributed by atoms with Crippen LogP contribution in [0, 0.1) is 5.92 Å². The molecule has 0 radical (unpaired) electrons. The number of aliphatic imine (C=N–C) groups is 1. The van der Waals surface area contributed by atoms with E-state index >= 15 is 0 Å². The molecule has 0 bridgehead atoms. The minimum Gasteiger partial charge on any atom is -0.336 e. The number of aromatic nitrogens is 2. The average molecular weight is 344 g/mol. The Bertz CT molecular complexity index is 965. The molecule has 0 fully saturated rings. The van der Waals surface area contributed by atoms with Crippen LogP contribution in [0.1, 0.15) is 17.3 Å². The predicted molar refractivity (Wildman–Crippen MR) is 101 cm³/mol. The third-order valence-electron chi connectivity index (χ3n) is 5.30. The lowest BCUT2D eigenvalue weighted by molar-refractivity contribution is 0.409. The highest BCUT2D eigenvalue weighted by Crippen LogP contribution is 2.43. The van der Waals surface area contributed by atoms with Gasteiger partial charge in [0.2, 0.25) is 0 Å². The second-order valence-corrected chi connectivity index (χ2v) is 6.93. The van der Waals surface area contributed by atoms with Crippen molar-refractivity contribution < 1.29 is 0 Å². The van der Waals surface area contributed by atoms with Gasteiger partial charge >= 0.3 is 0 Å². The molecule has 6 heteroatoms. The van der Waals surface area contributed by atoms with Gasteiger partial charge in [-0.2, -0.15) is 5.10 Å². The van der Waals surface area contributed by atoms with Crippen molar-refractivity contribution in [3.63, 3.8) is 0 Å². The standard InChI is InChI=1S/C20H20N6/c1-24-12-21-10-18(24)20-15(8-14-6-4-3-5-7-14)16-11-26-13-22-25(2)19(26)9-17(16)23-20/h3-7,9-13,15,20H,8H2,1-2H3. The third-order valence-corrected chi connectivity index (χ3v) is 5.30. The summed E-state index contributed by atoms with van der Waals surface area (Å²) < 4.78 is 2.08. The van der Waals surface area contributed by atoms with E-state index in [-0.39, 0.29) is 12.0 Å². The molecule has 2 unspecified atom stereocenters. The van der Waals surface area contributed by atoms with E-state index in [9.17, 15) is 0 Å². The van der Waals surface area contributed by atoms with E-state index in [0.29, 0.717) is 0 Å². The molecule has 0 spiro atoms. The molecule has 1 aromatic heterocycles. The zero-order valence-corrected chi connectivity index (χ0v) is 14.8. The Labute approximate surface area is 152 Å². The molecule has 2 aromatic rings. The number of allylic oxidation sites excluding steroid dienone is 1. The summed E-state index contributed by atoms with van der Waals surface area (Å²) >= 11 is 0. The molecule has 0 amide bonds. The van der Waals surface area contributed by atoms with Crippen LogP contribution < -0.4 is 0 Å². The highest BCUT2D eigenvalue weighted by atomic mass is 15.6. The van der Waals surface area contributed by atoms with E-state index < -0.39 is 0 Å².